The topological polar surface area (TPSA) is 84.7 Å². The second kappa shape index (κ2) is 8.38. The maximum Gasteiger partial charge on any atom is 0.407 e. The molecule has 1 heterocycles. The van der Waals surface area contributed by atoms with Gasteiger partial charge < -0.3 is 20.7 Å². The van der Waals surface area contributed by atoms with Crippen LogP contribution >= 0.6 is 0 Å². The summed E-state index contributed by atoms with van der Waals surface area (Å²) in [5.41, 5.74) is 6.34. The second-order valence-electron chi connectivity index (χ2n) is 5.49. The molecule has 6 nitrogen and oxygen atoms in total. The van der Waals surface area contributed by atoms with Crippen molar-refractivity contribution in [3.05, 3.63) is 35.9 Å². The molecule has 0 radical (unpaired) electrons. The maximum atomic E-state index is 11.7. The molecule has 2 amide bonds. The number of hydrogen-bond acceptors (Lipinski definition) is 4. The Morgan fingerprint density at radius 3 is 2.82 bits per heavy atom. The number of amides is 2. The molecule has 6 heteroatoms. The van der Waals surface area contributed by atoms with Gasteiger partial charge in [0.05, 0.1) is 6.54 Å². The van der Waals surface area contributed by atoms with E-state index in [1.807, 2.05) is 30.3 Å². The highest BCUT2D eigenvalue weighted by molar-refractivity contribution is 5.78. The molecule has 0 saturated carbocycles. The quantitative estimate of drug-likeness (QED) is 0.853. The Morgan fingerprint density at radius 1 is 1.32 bits per heavy atom. The van der Waals surface area contributed by atoms with Crippen LogP contribution in [0.3, 0.4) is 0 Å². The summed E-state index contributed by atoms with van der Waals surface area (Å²) in [6.07, 6.45) is 1.51. The number of carbonyl (C=O) groups is 2. The number of nitrogens with two attached hydrogens (primary N) is 1. The molecule has 0 unspecified atom stereocenters. The predicted octanol–water partition coefficient (Wildman–Crippen LogP) is 1.11. The van der Waals surface area contributed by atoms with Gasteiger partial charge in [-0.2, -0.15) is 0 Å². The van der Waals surface area contributed by atoms with E-state index in [0.29, 0.717) is 13.1 Å². The molecule has 120 valence electrons. The normalized spacial score (nSPS) is 17.9. The van der Waals surface area contributed by atoms with Gasteiger partial charge in [0.25, 0.3) is 0 Å². The lowest BCUT2D eigenvalue weighted by molar-refractivity contribution is -0.131. The first-order chi connectivity index (χ1) is 10.7. The smallest absolute Gasteiger partial charge is 0.407 e. The summed E-state index contributed by atoms with van der Waals surface area (Å²) in [4.78, 5) is 25.1. The van der Waals surface area contributed by atoms with Gasteiger partial charge in [-0.1, -0.05) is 30.3 Å². The van der Waals surface area contributed by atoms with Crippen LogP contribution in [0, 0.1) is 5.92 Å². The van der Waals surface area contributed by atoms with Gasteiger partial charge in [-0.25, -0.2) is 4.79 Å². The van der Waals surface area contributed by atoms with Gasteiger partial charge in [0.2, 0.25) is 5.91 Å². The van der Waals surface area contributed by atoms with Crippen molar-refractivity contribution < 1.29 is 14.3 Å². The number of carbonyl (C=O) groups excluding carboxylic acids is 2. The summed E-state index contributed by atoms with van der Waals surface area (Å²) in [5.74, 6) is 0.227. The van der Waals surface area contributed by atoms with Gasteiger partial charge in [-0.15, -0.1) is 0 Å². The van der Waals surface area contributed by atoms with Crippen molar-refractivity contribution in [1.29, 1.82) is 0 Å². The van der Waals surface area contributed by atoms with Gasteiger partial charge in [0, 0.05) is 19.6 Å². The first-order valence-corrected chi connectivity index (χ1v) is 7.61. The molecular weight excluding hydrogens is 282 g/mol. The van der Waals surface area contributed by atoms with Gasteiger partial charge in [-0.05, 0) is 24.3 Å². The summed E-state index contributed by atoms with van der Waals surface area (Å²) in [5, 5.41) is 2.77. The Bertz CT molecular complexity index is 493. The molecule has 2 rings (SSSR count). The molecule has 1 aliphatic heterocycles. The van der Waals surface area contributed by atoms with E-state index < -0.39 is 6.09 Å². The van der Waals surface area contributed by atoms with E-state index in [1.54, 1.807) is 4.90 Å². The molecule has 1 atom stereocenters. The van der Waals surface area contributed by atoms with Crippen LogP contribution in [0.2, 0.25) is 0 Å². The molecule has 0 bridgehead atoms. The van der Waals surface area contributed by atoms with Crippen molar-refractivity contribution in [2.75, 3.05) is 26.2 Å². The fourth-order valence-corrected chi connectivity index (χ4v) is 2.59. The van der Waals surface area contributed by atoms with Crippen molar-refractivity contribution in [3.8, 4) is 0 Å². The Balaban J connectivity index is 1.68. The van der Waals surface area contributed by atoms with Crippen molar-refractivity contribution >= 4 is 12.0 Å². The number of alkyl carbamates (subject to hydrolysis) is 1. The first kappa shape index (κ1) is 16.3. The van der Waals surface area contributed by atoms with Crippen LogP contribution in [0.25, 0.3) is 0 Å². The molecule has 0 spiro atoms. The Labute approximate surface area is 130 Å². The van der Waals surface area contributed by atoms with E-state index in [4.69, 9.17) is 10.5 Å². The minimum absolute atomic E-state index is 0.0312. The molecule has 1 aromatic carbocycles. The monoisotopic (exact) mass is 305 g/mol. The zero-order valence-electron chi connectivity index (χ0n) is 12.7. The summed E-state index contributed by atoms with van der Waals surface area (Å²) < 4.78 is 5.16. The summed E-state index contributed by atoms with van der Waals surface area (Å²) in [6.45, 7) is 2.22. The minimum atomic E-state index is -0.425. The molecule has 22 heavy (non-hydrogen) atoms. The fraction of sp³-hybridized carbons (Fsp3) is 0.500. The molecule has 1 saturated heterocycles. The largest absolute Gasteiger partial charge is 0.445 e. The first-order valence-electron chi connectivity index (χ1n) is 7.61. The number of ether oxygens (including phenoxy) is 1. The minimum Gasteiger partial charge on any atom is -0.445 e. The average Bonchev–Trinajstić information content (AvgIpc) is 2.58. The third-order valence-corrected chi connectivity index (χ3v) is 3.79. The number of nitrogens with one attached hydrogen (secondary N) is 1. The number of likely N-dealkylation sites (tertiary alicyclic amines) is 1. The Morgan fingerprint density at radius 2 is 2.09 bits per heavy atom. The van der Waals surface area contributed by atoms with E-state index in [2.05, 4.69) is 5.32 Å². The van der Waals surface area contributed by atoms with E-state index in [9.17, 15) is 9.59 Å². The van der Waals surface area contributed by atoms with Crippen LogP contribution in [-0.2, 0) is 16.1 Å². The van der Waals surface area contributed by atoms with Crippen LogP contribution in [0.15, 0.2) is 30.3 Å². The van der Waals surface area contributed by atoms with Crippen molar-refractivity contribution in [1.82, 2.24) is 10.2 Å². The number of rotatable bonds is 5. The lowest BCUT2D eigenvalue weighted by Gasteiger charge is -2.32. The third-order valence-electron chi connectivity index (χ3n) is 3.79. The standard InChI is InChI=1S/C16H23N3O3/c17-9-15(20)19-8-4-7-14(11-19)10-18-16(21)22-12-13-5-2-1-3-6-13/h1-3,5-6,14H,4,7-12,17H2,(H,18,21)/t14-/m0/s1. The number of hydrogen-bond donors (Lipinski definition) is 2. The van der Waals surface area contributed by atoms with E-state index in [1.165, 1.54) is 0 Å². The number of piperidine rings is 1. The highest BCUT2D eigenvalue weighted by atomic mass is 16.5. The zero-order valence-corrected chi connectivity index (χ0v) is 12.7. The zero-order chi connectivity index (χ0) is 15.8. The van der Waals surface area contributed by atoms with Gasteiger partial charge in [0.15, 0.2) is 0 Å². The van der Waals surface area contributed by atoms with Crippen LogP contribution in [-0.4, -0.2) is 43.1 Å². The molecular formula is C16H23N3O3. The Hall–Kier alpha value is -2.08. The molecule has 3 N–H and O–H groups in total. The van der Waals surface area contributed by atoms with E-state index in [0.717, 1.165) is 24.9 Å². The molecule has 0 aromatic heterocycles. The molecule has 1 fully saturated rings. The van der Waals surface area contributed by atoms with Crippen molar-refractivity contribution in [3.63, 3.8) is 0 Å². The second-order valence-corrected chi connectivity index (χ2v) is 5.49. The lowest BCUT2D eigenvalue weighted by atomic mass is 9.98. The van der Waals surface area contributed by atoms with Gasteiger partial charge in [-0.3, -0.25) is 4.79 Å². The summed E-state index contributed by atoms with van der Waals surface area (Å²) >= 11 is 0. The van der Waals surface area contributed by atoms with Crippen LogP contribution in [0.4, 0.5) is 4.79 Å². The summed E-state index contributed by atoms with van der Waals surface area (Å²) in [7, 11) is 0. The average molecular weight is 305 g/mol. The van der Waals surface area contributed by atoms with E-state index >= 15 is 0 Å². The maximum absolute atomic E-state index is 11.7. The third kappa shape index (κ3) is 5.04. The fourth-order valence-electron chi connectivity index (χ4n) is 2.59. The SMILES string of the molecule is NCC(=O)N1CCC[C@@H](CNC(=O)OCc2ccccc2)C1. The predicted molar refractivity (Wildman–Crippen MR) is 83.0 cm³/mol. The Kier molecular flexibility index (Phi) is 6.21. The number of benzene rings is 1. The van der Waals surface area contributed by atoms with Crippen LogP contribution < -0.4 is 11.1 Å². The van der Waals surface area contributed by atoms with Crippen LogP contribution in [0.5, 0.6) is 0 Å². The summed E-state index contributed by atoms with van der Waals surface area (Å²) in [6, 6.07) is 9.54. The molecule has 0 aliphatic carbocycles. The van der Waals surface area contributed by atoms with E-state index in [-0.39, 0.29) is 25.0 Å². The van der Waals surface area contributed by atoms with Crippen molar-refractivity contribution in [2.24, 2.45) is 11.7 Å². The lowest BCUT2D eigenvalue weighted by Crippen LogP contribution is -2.45. The van der Waals surface area contributed by atoms with Gasteiger partial charge in [0.1, 0.15) is 6.61 Å². The van der Waals surface area contributed by atoms with Gasteiger partial charge >= 0.3 is 6.09 Å². The molecule has 1 aromatic rings. The number of nitrogens with zero attached hydrogens (tertiary/aromatic N) is 1. The van der Waals surface area contributed by atoms with Crippen LogP contribution in [0.1, 0.15) is 18.4 Å². The molecule has 1 aliphatic rings. The van der Waals surface area contributed by atoms with Crippen molar-refractivity contribution in [2.45, 2.75) is 19.4 Å². The highest BCUT2D eigenvalue weighted by Crippen LogP contribution is 2.15. The highest BCUT2D eigenvalue weighted by Gasteiger charge is 2.23.